The predicted octanol–water partition coefficient (Wildman–Crippen LogP) is 5.41. The number of ketones is 1. The van der Waals surface area contributed by atoms with Gasteiger partial charge in [-0.2, -0.15) is 0 Å². The molecule has 1 saturated carbocycles. The van der Waals surface area contributed by atoms with E-state index < -0.39 is 0 Å². The second-order valence-electron chi connectivity index (χ2n) is 7.41. The number of hydrogen-bond donors (Lipinski definition) is 0. The van der Waals surface area contributed by atoms with E-state index in [1.807, 2.05) is 36.4 Å². The first-order valence-electron chi connectivity index (χ1n) is 9.10. The molecular weight excluding hydrogens is 367 g/mol. The van der Waals surface area contributed by atoms with Crippen LogP contribution in [0.4, 0.5) is 11.4 Å². The molecule has 0 aromatic heterocycles. The quantitative estimate of drug-likeness (QED) is 0.687. The third-order valence-electron chi connectivity index (χ3n) is 5.58. The molecule has 0 atom stereocenters. The average molecular weight is 389 g/mol. The highest BCUT2D eigenvalue weighted by molar-refractivity contribution is 6.31. The van der Waals surface area contributed by atoms with Crippen molar-refractivity contribution in [1.82, 2.24) is 0 Å². The van der Waals surface area contributed by atoms with Gasteiger partial charge in [0.15, 0.2) is 0 Å². The van der Waals surface area contributed by atoms with Crippen molar-refractivity contribution in [2.24, 2.45) is 5.41 Å². The Kier molecular flexibility index (Phi) is 4.85. The molecule has 0 unspecified atom stereocenters. The number of anilines is 2. The number of carbonyl (C=O) groups is 1. The van der Waals surface area contributed by atoms with E-state index in [-0.39, 0.29) is 5.41 Å². The van der Waals surface area contributed by atoms with Crippen molar-refractivity contribution in [2.75, 3.05) is 29.6 Å². The molecule has 1 saturated heterocycles. The summed E-state index contributed by atoms with van der Waals surface area (Å²) in [6, 6.07) is 15.8. The van der Waals surface area contributed by atoms with Gasteiger partial charge in [0.2, 0.25) is 0 Å². The fraction of sp³-hybridized carbons (Fsp3) is 0.381. The number of rotatable bonds is 2. The molecule has 5 heteroatoms. The third kappa shape index (κ3) is 3.43. The number of carbonyl (C=O) groups excluding carboxylic acids is 1. The summed E-state index contributed by atoms with van der Waals surface area (Å²) < 4.78 is 0. The van der Waals surface area contributed by atoms with E-state index in [0.717, 1.165) is 50.4 Å². The Morgan fingerprint density at radius 3 is 1.92 bits per heavy atom. The summed E-state index contributed by atoms with van der Waals surface area (Å²) in [5.41, 5.74) is 1.80. The van der Waals surface area contributed by atoms with Crippen LogP contribution in [0.25, 0.3) is 0 Å². The maximum atomic E-state index is 13.0. The van der Waals surface area contributed by atoms with Crippen LogP contribution in [0.2, 0.25) is 10.0 Å². The molecule has 0 N–H and O–H groups in total. The van der Waals surface area contributed by atoms with Crippen LogP contribution in [0.1, 0.15) is 25.7 Å². The summed E-state index contributed by atoms with van der Waals surface area (Å²) in [5.74, 6) is 0.391. The zero-order valence-corrected chi connectivity index (χ0v) is 16.1. The van der Waals surface area contributed by atoms with Gasteiger partial charge in [0.25, 0.3) is 0 Å². The van der Waals surface area contributed by atoms with Gasteiger partial charge in [-0.1, -0.05) is 41.8 Å². The number of hydrogen-bond acceptors (Lipinski definition) is 3. The highest BCUT2D eigenvalue weighted by Gasteiger charge is 2.45. The van der Waals surface area contributed by atoms with Crippen molar-refractivity contribution in [3.63, 3.8) is 0 Å². The monoisotopic (exact) mass is 388 g/mol. The first-order valence-corrected chi connectivity index (χ1v) is 9.86. The zero-order chi connectivity index (χ0) is 18.1. The Hall–Kier alpha value is -1.71. The molecular formula is C21H22Cl2N2O. The number of benzene rings is 2. The van der Waals surface area contributed by atoms with Crippen molar-refractivity contribution in [1.29, 1.82) is 0 Å². The summed E-state index contributed by atoms with van der Waals surface area (Å²) in [5, 5.41) is 1.43. The lowest BCUT2D eigenvalue weighted by molar-refractivity contribution is -0.130. The summed E-state index contributed by atoms with van der Waals surface area (Å²) in [7, 11) is 0. The van der Waals surface area contributed by atoms with Gasteiger partial charge in [0.05, 0.1) is 12.1 Å². The van der Waals surface area contributed by atoms with Gasteiger partial charge in [-0.15, -0.1) is 0 Å². The minimum atomic E-state index is -0.318. The summed E-state index contributed by atoms with van der Waals surface area (Å²) in [6.07, 6.45) is 3.75. The molecule has 1 heterocycles. The molecule has 0 amide bonds. The first-order chi connectivity index (χ1) is 12.6. The number of Topliss-reactive ketones (excluding diaryl/α,β-unsaturated/α-hetero) is 1. The normalized spacial score (nSPS) is 19.8. The van der Waals surface area contributed by atoms with Gasteiger partial charge in [-0.3, -0.25) is 4.79 Å². The highest BCUT2D eigenvalue weighted by atomic mass is 35.5. The lowest BCUT2D eigenvalue weighted by Gasteiger charge is -2.50. The van der Waals surface area contributed by atoms with Crippen LogP contribution in [0.3, 0.4) is 0 Å². The minimum Gasteiger partial charge on any atom is -0.353 e. The van der Waals surface area contributed by atoms with Crippen molar-refractivity contribution >= 4 is 40.4 Å². The van der Waals surface area contributed by atoms with Crippen LogP contribution >= 0.6 is 23.2 Å². The molecule has 26 heavy (non-hydrogen) atoms. The lowest BCUT2D eigenvalue weighted by Crippen LogP contribution is -2.60. The van der Waals surface area contributed by atoms with Gasteiger partial charge in [-0.25, -0.2) is 0 Å². The smallest absolute Gasteiger partial charge is 0.142 e. The molecule has 1 spiro atoms. The van der Waals surface area contributed by atoms with E-state index in [9.17, 15) is 4.79 Å². The third-order valence-corrected chi connectivity index (χ3v) is 6.05. The maximum absolute atomic E-state index is 13.0. The van der Waals surface area contributed by atoms with E-state index in [1.165, 1.54) is 0 Å². The summed E-state index contributed by atoms with van der Waals surface area (Å²) >= 11 is 12.4. The molecule has 0 radical (unpaired) electrons. The van der Waals surface area contributed by atoms with Gasteiger partial charge in [-0.05, 0) is 49.2 Å². The van der Waals surface area contributed by atoms with Gasteiger partial charge < -0.3 is 9.80 Å². The van der Waals surface area contributed by atoms with E-state index >= 15 is 0 Å². The van der Waals surface area contributed by atoms with Crippen molar-refractivity contribution in [2.45, 2.75) is 25.7 Å². The van der Waals surface area contributed by atoms with Crippen LogP contribution in [-0.4, -0.2) is 25.5 Å². The Labute approximate surface area is 164 Å². The Morgan fingerprint density at radius 2 is 1.42 bits per heavy atom. The molecule has 136 valence electrons. The van der Waals surface area contributed by atoms with Crippen molar-refractivity contribution < 1.29 is 4.79 Å². The van der Waals surface area contributed by atoms with Crippen LogP contribution in [0, 0.1) is 5.41 Å². The van der Waals surface area contributed by atoms with Gasteiger partial charge in [0, 0.05) is 40.9 Å². The van der Waals surface area contributed by atoms with E-state index in [0.29, 0.717) is 22.2 Å². The molecule has 2 aromatic rings. The van der Waals surface area contributed by atoms with Crippen LogP contribution in [0.5, 0.6) is 0 Å². The van der Waals surface area contributed by atoms with Crippen LogP contribution in [-0.2, 0) is 4.79 Å². The van der Waals surface area contributed by atoms with Gasteiger partial charge >= 0.3 is 0 Å². The highest BCUT2D eigenvalue weighted by Crippen LogP contribution is 2.40. The molecule has 1 aliphatic carbocycles. The Balaban J connectivity index is 1.72. The fourth-order valence-electron chi connectivity index (χ4n) is 4.27. The number of nitrogens with zero attached hydrogens (tertiary/aromatic N) is 2. The van der Waals surface area contributed by atoms with E-state index in [1.54, 1.807) is 0 Å². The molecule has 2 fully saturated rings. The van der Waals surface area contributed by atoms with E-state index in [4.69, 9.17) is 23.2 Å². The standard InChI is InChI=1S/C21H22Cl2N2O/c22-16-5-3-7-18(11-16)24-13-21(10-2-1-9-20(21)26)14-25(15-24)19-8-4-6-17(23)12-19/h3-8,11-12H,1-2,9-10,13-15H2. The molecule has 0 bridgehead atoms. The lowest BCUT2D eigenvalue weighted by atomic mass is 9.71. The molecule has 4 rings (SSSR count). The summed E-state index contributed by atoms with van der Waals surface area (Å²) in [4.78, 5) is 17.5. The van der Waals surface area contributed by atoms with Gasteiger partial charge in [0.1, 0.15) is 5.78 Å². The topological polar surface area (TPSA) is 23.6 Å². The Morgan fingerprint density at radius 1 is 0.846 bits per heavy atom. The zero-order valence-electron chi connectivity index (χ0n) is 14.6. The fourth-order valence-corrected chi connectivity index (χ4v) is 4.64. The number of halogens is 2. The first kappa shape index (κ1) is 17.7. The largest absolute Gasteiger partial charge is 0.353 e. The molecule has 3 nitrogen and oxygen atoms in total. The molecule has 1 aliphatic heterocycles. The molecule has 2 aromatic carbocycles. The molecule has 2 aliphatic rings. The maximum Gasteiger partial charge on any atom is 0.142 e. The second kappa shape index (κ2) is 7.13. The Bertz CT molecular complexity index is 770. The minimum absolute atomic E-state index is 0.318. The predicted molar refractivity (Wildman–Crippen MR) is 108 cm³/mol. The van der Waals surface area contributed by atoms with Crippen LogP contribution in [0.15, 0.2) is 48.5 Å². The van der Waals surface area contributed by atoms with Crippen molar-refractivity contribution in [3.8, 4) is 0 Å². The van der Waals surface area contributed by atoms with Crippen molar-refractivity contribution in [3.05, 3.63) is 58.6 Å². The second-order valence-corrected chi connectivity index (χ2v) is 8.28. The van der Waals surface area contributed by atoms with Crippen LogP contribution < -0.4 is 9.80 Å². The summed E-state index contributed by atoms with van der Waals surface area (Å²) in [6.45, 7) is 2.22. The average Bonchev–Trinajstić information content (AvgIpc) is 2.64. The SMILES string of the molecule is O=C1CCCCC12CN(c1cccc(Cl)c1)CN(c1cccc(Cl)c1)C2. The van der Waals surface area contributed by atoms with E-state index in [2.05, 4.69) is 21.9 Å².